The number of nitrogens with zero attached hydrogens (tertiary/aromatic N) is 1. The zero-order valence-electron chi connectivity index (χ0n) is 13.5. The van der Waals surface area contributed by atoms with Crippen LogP contribution in [0.2, 0.25) is 0 Å². The lowest BCUT2D eigenvalue weighted by Crippen LogP contribution is -2.29. The topological polar surface area (TPSA) is 85.4 Å². The first-order valence-electron chi connectivity index (χ1n) is 7.70. The van der Waals surface area contributed by atoms with E-state index in [2.05, 4.69) is 5.32 Å². The predicted molar refractivity (Wildman–Crippen MR) is 92.3 cm³/mol. The van der Waals surface area contributed by atoms with E-state index in [1.165, 1.54) is 18.4 Å². The Kier molecular flexibility index (Phi) is 4.61. The number of hydrogen-bond acceptors (Lipinski definition) is 4. The Morgan fingerprint density at radius 3 is 2.52 bits per heavy atom. The minimum Gasteiger partial charge on any atom is -0.467 e. The molecule has 3 rings (SSSR count). The van der Waals surface area contributed by atoms with Gasteiger partial charge in [-0.25, -0.2) is 0 Å². The molecule has 1 aromatic heterocycles. The predicted octanol–water partition coefficient (Wildman–Crippen LogP) is 4.02. The summed E-state index contributed by atoms with van der Waals surface area (Å²) in [4.78, 5) is 23.2. The van der Waals surface area contributed by atoms with Crippen molar-refractivity contribution in [3.05, 3.63) is 99.5 Å². The number of nitro benzene ring substituents is 1. The number of furan rings is 1. The first-order valence-corrected chi connectivity index (χ1v) is 7.70. The molecular formula is C19H16N2O4. The number of aryl methyl sites for hydroxylation is 1. The van der Waals surface area contributed by atoms with Gasteiger partial charge in [0.25, 0.3) is 11.6 Å². The van der Waals surface area contributed by atoms with Crippen molar-refractivity contribution in [1.29, 1.82) is 0 Å². The Hall–Kier alpha value is -3.41. The van der Waals surface area contributed by atoms with Crippen molar-refractivity contribution in [2.24, 2.45) is 0 Å². The maximum atomic E-state index is 12.7. The summed E-state index contributed by atoms with van der Waals surface area (Å²) >= 11 is 0. The van der Waals surface area contributed by atoms with Gasteiger partial charge in [-0.3, -0.25) is 14.9 Å². The number of carbonyl (C=O) groups excluding carboxylic acids is 1. The molecule has 0 aliphatic rings. The zero-order chi connectivity index (χ0) is 17.8. The smallest absolute Gasteiger partial charge is 0.270 e. The standard InChI is InChI=1S/C19H16N2O4/c1-13-9-10-15(21(23)24)12-16(13)19(22)20-18(17-8-5-11-25-17)14-6-3-2-4-7-14/h2-12,18H,1H3,(H,20,22)/t18-/m0/s1. The molecule has 3 aromatic rings. The molecule has 0 aliphatic carbocycles. The van der Waals surface area contributed by atoms with Crippen LogP contribution < -0.4 is 5.32 Å². The summed E-state index contributed by atoms with van der Waals surface area (Å²) in [5.74, 6) is 0.189. The summed E-state index contributed by atoms with van der Waals surface area (Å²) in [6.07, 6.45) is 1.54. The van der Waals surface area contributed by atoms with Crippen LogP contribution in [0.3, 0.4) is 0 Å². The van der Waals surface area contributed by atoms with Crippen molar-refractivity contribution in [2.45, 2.75) is 13.0 Å². The van der Waals surface area contributed by atoms with Gasteiger partial charge in [0.1, 0.15) is 11.8 Å². The summed E-state index contributed by atoms with van der Waals surface area (Å²) in [5, 5.41) is 13.9. The summed E-state index contributed by atoms with van der Waals surface area (Å²) in [6, 6.07) is 16.7. The quantitative estimate of drug-likeness (QED) is 0.563. The molecule has 1 heterocycles. The van der Waals surface area contributed by atoms with Crippen LogP contribution in [0.5, 0.6) is 0 Å². The van der Waals surface area contributed by atoms with E-state index in [1.807, 2.05) is 30.3 Å². The molecule has 2 aromatic carbocycles. The molecule has 25 heavy (non-hydrogen) atoms. The Bertz CT molecular complexity index is 889. The van der Waals surface area contributed by atoms with E-state index in [1.54, 1.807) is 25.1 Å². The summed E-state index contributed by atoms with van der Waals surface area (Å²) in [5.41, 5.74) is 1.66. The van der Waals surface area contributed by atoms with Gasteiger partial charge in [-0.05, 0) is 30.2 Å². The molecule has 0 radical (unpaired) electrons. The van der Waals surface area contributed by atoms with Gasteiger partial charge < -0.3 is 9.73 Å². The van der Waals surface area contributed by atoms with E-state index < -0.39 is 16.9 Å². The van der Waals surface area contributed by atoms with Crippen LogP contribution in [-0.2, 0) is 0 Å². The minimum absolute atomic E-state index is 0.120. The second kappa shape index (κ2) is 7.00. The zero-order valence-corrected chi connectivity index (χ0v) is 13.5. The van der Waals surface area contributed by atoms with Crippen LogP contribution in [0, 0.1) is 17.0 Å². The fourth-order valence-electron chi connectivity index (χ4n) is 2.60. The lowest BCUT2D eigenvalue weighted by molar-refractivity contribution is -0.384. The van der Waals surface area contributed by atoms with Gasteiger partial charge in [-0.15, -0.1) is 0 Å². The Balaban J connectivity index is 1.94. The number of carbonyl (C=O) groups is 1. The minimum atomic E-state index is -0.516. The molecule has 0 aliphatic heterocycles. The molecule has 1 atom stereocenters. The van der Waals surface area contributed by atoms with Crippen molar-refractivity contribution >= 4 is 11.6 Å². The average Bonchev–Trinajstić information content (AvgIpc) is 3.14. The van der Waals surface area contributed by atoms with Crippen LogP contribution >= 0.6 is 0 Å². The second-order valence-electron chi connectivity index (χ2n) is 5.59. The summed E-state index contributed by atoms with van der Waals surface area (Å²) < 4.78 is 5.46. The van der Waals surface area contributed by atoms with E-state index in [-0.39, 0.29) is 11.3 Å². The summed E-state index contributed by atoms with van der Waals surface area (Å²) in [6.45, 7) is 1.74. The van der Waals surface area contributed by atoms with E-state index in [0.717, 1.165) is 5.56 Å². The van der Waals surface area contributed by atoms with Crippen LogP contribution in [0.25, 0.3) is 0 Å². The van der Waals surface area contributed by atoms with Gasteiger partial charge >= 0.3 is 0 Å². The molecule has 6 heteroatoms. The fourth-order valence-corrected chi connectivity index (χ4v) is 2.60. The van der Waals surface area contributed by atoms with Gasteiger partial charge in [0, 0.05) is 17.7 Å². The molecule has 0 bridgehead atoms. The first kappa shape index (κ1) is 16.4. The molecule has 0 saturated carbocycles. The van der Waals surface area contributed by atoms with Gasteiger partial charge in [-0.1, -0.05) is 36.4 Å². The van der Waals surface area contributed by atoms with Crippen molar-refractivity contribution < 1.29 is 14.1 Å². The first-order chi connectivity index (χ1) is 12.1. The highest BCUT2D eigenvalue weighted by Gasteiger charge is 2.22. The molecule has 1 amide bonds. The number of rotatable bonds is 5. The Morgan fingerprint density at radius 2 is 1.88 bits per heavy atom. The van der Waals surface area contributed by atoms with Crippen molar-refractivity contribution in [2.75, 3.05) is 0 Å². The summed E-state index contributed by atoms with van der Waals surface area (Å²) in [7, 11) is 0. The number of non-ortho nitro benzene ring substituents is 1. The second-order valence-corrected chi connectivity index (χ2v) is 5.59. The van der Waals surface area contributed by atoms with Gasteiger partial charge in [0.2, 0.25) is 0 Å². The van der Waals surface area contributed by atoms with Gasteiger partial charge in [0.15, 0.2) is 0 Å². The largest absolute Gasteiger partial charge is 0.467 e. The van der Waals surface area contributed by atoms with Gasteiger partial charge in [0.05, 0.1) is 11.2 Å². The molecule has 0 fully saturated rings. The van der Waals surface area contributed by atoms with Gasteiger partial charge in [-0.2, -0.15) is 0 Å². The third-order valence-electron chi connectivity index (χ3n) is 3.91. The van der Waals surface area contributed by atoms with E-state index in [0.29, 0.717) is 11.3 Å². The van der Waals surface area contributed by atoms with Crippen LogP contribution in [-0.4, -0.2) is 10.8 Å². The van der Waals surface area contributed by atoms with E-state index in [9.17, 15) is 14.9 Å². The monoisotopic (exact) mass is 336 g/mol. The fraction of sp³-hybridized carbons (Fsp3) is 0.105. The lowest BCUT2D eigenvalue weighted by Gasteiger charge is -2.18. The Labute approximate surface area is 144 Å². The SMILES string of the molecule is Cc1ccc([N+](=O)[O-])cc1C(=O)N[C@@H](c1ccccc1)c1ccco1. The molecule has 0 spiro atoms. The van der Waals surface area contributed by atoms with Crippen LogP contribution in [0.4, 0.5) is 5.69 Å². The van der Waals surface area contributed by atoms with E-state index >= 15 is 0 Å². The van der Waals surface area contributed by atoms with Crippen molar-refractivity contribution in [1.82, 2.24) is 5.32 Å². The number of nitrogens with one attached hydrogen (secondary N) is 1. The maximum Gasteiger partial charge on any atom is 0.270 e. The average molecular weight is 336 g/mol. The highest BCUT2D eigenvalue weighted by molar-refractivity contribution is 5.96. The molecule has 0 unspecified atom stereocenters. The van der Waals surface area contributed by atoms with Crippen molar-refractivity contribution in [3.8, 4) is 0 Å². The highest BCUT2D eigenvalue weighted by Crippen LogP contribution is 2.24. The molecular weight excluding hydrogens is 320 g/mol. The number of benzene rings is 2. The number of hydrogen-bond donors (Lipinski definition) is 1. The van der Waals surface area contributed by atoms with E-state index in [4.69, 9.17) is 4.42 Å². The normalized spacial score (nSPS) is 11.7. The number of amides is 1. The highest BCUT2D eigenvalue weighted by atomic mass is 16.6. The number of nitro groups is 1. The maximum absolute atomic E-state index is 12.7. The molecule has 6 nitrogen and oxygen atoms in total. The third-order valence-corrected chi connectivity index (χ3v) is 3.91. The third kappa shape index (κ3) is 3.58. The Morgan fingerprint density at radius 1 is 1.12 bits per heavy atom. The lowest BCUT2D eigenvalue weighted by atomic mass is 10.0. The molecule has 0 saturated heterocycles. The molecule has 126 valence electrons. The van der Waals surface area contributed by atoms with Crippen molar-refractivity contribution in [3.63, 3.8) is 0 Å². The van der Waals surface area contributed by atoms with Crippen LogP contribution in [0.1, 0.15) is 33.3 Å². The van der Waals surface area contributed by atoms with Crippen LogP contribution in [0.15, 0.2) is 71.3 Å². The molecule has 1 N–H and O–H groups in total.